The molecule has 2 rings (SSSR count). The molecule has 0 spiro atoms. The van der Waals surface area contributed by atoms with Crippen LogP contribution >= 0.6 is 0 Å². The maximum Gasteiger partial charge on any atom is 0.412 e. The Morgan fingerprint density at radius 2 is 2.06 bits per heavy atom. The van der Waals surface area contributed by atoms with Crippen LogP contribution in [0.1, 0.15) is 12.0 Å². The fourth-order valence-electron chi connectivity index (χ4n) is 1.76. The molecule has 2 N–H and O–H groups in total. The highest BCUT2D eigenvalue weighted by atomic mass is 16.6. The van der Waals surface area contributed by atoms with Crippen LogP contribution in [0.15, 0.2) is 30.3 Å². The summed E-state index contributed by atoms with van der Waals surface area (Å²) in [5.74, 6) is 0. The quantitative estimate of drug-likeness (QED) is 0.794. The molecular formula is C12H15NO4. The van der Waals surface area contributed by atoms with Crippen LogP contribution in [0, 0.1) is 0 Å². The lowest BCUT2D eigenvalue weighted by molar-refractivity contribution is -0.0340. The predicted molar refractivity (Wildman–Crippen MR) is 60.0 cm³/mol. The van der Waals surface area contributed by atoms with Crippen molar-refractivity contribution in [3.63, 3.8) is 0 Å². The molecule has 92 valence electrons. The first-order chi connectivity index (χ1) is 8.18. The normalized spacial score (nSPS) is 23.8. The Bertz CT molecular complexity index is 381. The van der Waals surface area contributed by atoms with Crippen molar-refractivity contribution in [2.75, 3.05) is 6.54 Å². The second kappa shape index (κ2) is 5.16. The van der Waals surface area contributed by atoms with Gasteiger partial charge in [0, 0.05) is 6.54 Å². The van der Waals surface area contributed by atoms with Crippen molar-refractivity contribution in [2.24, 2.45) is 0 Å². The molecule has 2 atom stereocenters. The third-order valence-corrected chi connectivity index (χ3v) is 2.77. The van der Waals surface area contributed by atoms with Gasteiger partial charge in [0.05, 0.1) is 0 Å². The minimum Gasteiger partial charge on any atom is -0.444 e. The van der Waals surface area contributed by atoms with E-state index in [1.807, 2.05) is 30.3 Å². The number of carbonyl (C=O) groups is 1. The smallest absolute Gasteiger partial charge is 0.412 e. The van der Waals surface area contributed by atoms with Gasteiger partial charge in [-0.1, -0.05) is 30.3 Å². The number of aliphatic hydroxyl groups is 2. The molecule has 1 fully saturated rings. The summed E-state index contributed by atoms with van der Waals surface area (Å²) in [6, 6.07) is 9.30. The molecule has 1 aromatic carbocycles. The van der Waals surface area contributed by atoms with Gasteiger partial charge in [-0.2, -0.15) is 0 Å². The van der Waals surface area contributed by atoms with Crippen molar-refractivity contribution in [1.82, 2.24) is 4.90 Å². The zero-order valence-corrected chi connectivity index (χ0v) is 9.32. The highest BCUT2D eigenvalue weighted by Crippen LogP contribution is 2.17. The second-order valence-electron chi connectivity index (χ2n) is 4.00. The monoisotopic (exact) mass is 237 g/mol. The van der Waals surface area contributed by atoms with E-state index >= 15 is 0 Å². The van der Waals surface area contributed by atoms with E-state index in [0.717, 1.165) is 10.5 Å². The summed E-state index contributed by atoms with van der Waals surface area (Å²) >= 11 is 0. The molecule has 2 unspecified atom stereocenters. The Morgan fingerprint density at radius 1 is 1.35 bits per heavy atom. The van der Waals surface area contributed by atoms with Crippen molar-refractivity contribution in [1.29, 1.82) is 0 Å². The zero-order valence-electron chi connectivity index (χ0n) is 9.32. The molecule has 17 heavy (non-hydrogen) atoms. The number of carbonyl (C=O) groups excluding carboxylic acids is 1. The van der Waals surface area contributed by atoms with Gasteiger partial charge in [0.25, 0.3) is 0 Å². The van der Waals surface area contributed by atoms with Crippen molar-refractivity contribution in [3.05, 3.63) is 35.9 Å². The Hall–Kier alpha value is -1.59. The van der Waals surface area contributed by atoms with Crippen LogP contribution in [0.2, 0.25) is 0 Å². The van der Waals surface area contributed by atoms with Gasteiger partial charge in [-0.15, -0.1) is 0 Å². The molecule has 1 amide bonds. The molecule has 0 aliphatic carbocycles. The number of hydrogen-bond acceptors (Lipinski definition) is 4. The number of ether oxygens (including phenoxy) is 1. The maximum absolute atomic E-state index is 11.6. The third kappa shape index (κ3) is 2.75. The molecule has 5 heteroatoms. The van der Waals surface area contributed by atoms with Crippen LogP contribution in [0.25, 0.3) is 0 Å². The van der Waals surface area contributed by atoms with Crippen LogP contribution in [0.4, 0.5) is 4.79 Å². The van der Waals surface area contributed by atoms with E-state index in [1.165, 1.54) is 0 Å². The average molecular weight is 237 g/mol. The largest absolute Gasteiger partial charge is 0.444 e. The average Bonchev–Trinajstić information content (AvgIpc) is 2.69. The summed E-state index contributed by atoms with van der Waals surface area (Å²) in [5.41, 5.74) is 0.884. The van der Waals surface area contributed by atoms with E-state index < -0.39 is 18.4 Å². The van der Waals surface area contributed by atoms with Gasteiger partial charge in [0.2, 0.25) is 0 Å². The Labute approximate surface area is 99.2 Å². The van der Waals surface area contributed by atoms with Gasteiger partial charge >= 0.3 is 6.09 Å². The highest BCUT2D eigenvalue weighted by molar-refractivity contribution is 5.68. The summed E-state index contributed by atoms with van der Waals surface area (Å²) in [4.78, 5) is 12.7. The Kier molecular flexibility index (Phi) is 3.61. The molecule has 1 aliphatic heterocycles. The maximum atomic E-state index is 11.6. The molecule has 0 bridgehead atoms. The zero-order chi connectivity index (χ0) is 12.3. The molecule has 1 aliphatic rings. The van der Waals surface area contributed by atoms with E-state index in [1.54, 1.807) is 0 Å². The molecule has 0 saturated carbocycles. The standard InChI is InChI=1S/C12H15NO4/c14-10-6-7-13(11(10)15)12(16)17-8-9-4-2-1-3-5-9/h1-5,10-11,14-15H,6-8H2. The minimum atomic E-state index is -1.15. The summed E-state index contributed by atoms with van der Waals surface area (Å²) in [6.45, 7) is 0.481. The number of rotatable bonds is 2. The first-order valence-corrected chi connectivity index (χ1v) is 5.52. The molecular weight excluding hydrogens is 222 g/mol. The number of nitrogens with zero attached hydrogens (tertiary/aromatic N) is 1. The number of hydrogen-bond donors (Lipinski definition) is 2. The van der Waals surface area contributed by atoms with Crippen LogP contribution in [0.5, 0.6) is 0 Å². The predicted octanol–water partition coefficient (Wildman–Crippen LogP) is 0.708. The van der Waals surface area contributed by atoms with Gasteiger partial charge in [0.1, 0.15) is 12.7 Å². The Balaban J connectivity index is 1.86. The van der Waals surface area contributed by atoms with E-state index in [-0.39, 0.29) is 6.61 Å². The first kappa shape index (κ1) is 11.9. The van der Waals surface area contributed by atoms with Gasteiger partial charge in [-0.25, -0.2) is 4.79 Å². The first-order valence-electron chi connectivity index (χ1n) is 5.52. The molecule has 0 aromatic heterocycles. The van der Waals surface area contributed by atoms with Crippen molar-refractivity contribution in [3.8, 4) is 0 Å². The summed E-state index contributed by atoms with van der Waals surface area (Å²) in [5, 5.41) is 18.8. The lowest BCUT2D eigenvalue weighted by atomic mass is 10.2. The molecule has 5 nitrogen and oxygen atoms in total. The summed E-state index contributed by atoms with van der Waals surface area (Å²) in [7, 11) is 0. The second-order valence-corrected chi connectivity index (χ2v) is 4.00. The van der Waals surface area contributed by atoms with Gasteiger partial charge in [0.15, 0.2) is 6.23 Å². The van der Waals surface area contributed by atoms with E-state index in [9.17, 15) is 15.0 Å². The van der Waals surface area contributed by atoms with Crippen molar-refractivity contribution < 1.29 is 19.7 Å². The minimum absolute atomic E-state index is 0.166. The Morgan fingerprint density at radius 3 is 2.65 bits per heavy atom. The molecule has 1 heterocycles. The van der Waals surface area contributed by atoms with Gasteiger partial charge < -0.3 is 14.9 Å². The number of amides is 1. The van der Waals surface area contributed by atoms with E-state index in [2.05, 4.69) is 0 Å². The molecule has 0 radical (unpaired) electrons. The van der Waals surface area contributed by atoms with Crippen molar-refractivity contribution in [2.45, 2.75) is 25.4 Å². The van der Waals surface area contributed by atoms with Crippen LogP contribution in [-0.2, 0) is 11.3 Å². The number of aliphatic hydroxyl groups excluding tert-OH is 2. The van der Waals surface area contributed by atoms with Crippen LogP contribution < -0.4 is 0 Å². The lowest BCUT2D eigenvalue weighted by Crippen LogP contribution is -2.39. The van der Waals surface area contributed by atoms with Crippen molar-refractivity contribution >= 4 is 6.09 Å². The highest BCUT2D eigenvalue weighted by Gasteiger charge is 2.35. The van der Waals surface area contributed by atoms with Crippen LogP contribution in [-0.4, -0.2) is 40.1 Å². The molecule has 1 aromatic rings. The van der Waals surface area contributed by atoms with Crippen LogP contribution in [0.3, 0.4) is 0 Å². The summed E-state index contributed by atoms with van der Waals surface area (Å²) in [6.07, 6.45) is -2.25. The van der Waals surface area contributed by atoms with E-state index in [4.69, 9.17) is 4.74 Å². The fourth-order valence-corrected chi connectivity index (χ4v) is 1.76. The topological polar surface area (TPSA) is 70.0 Å². The van der Waals surface area contributed by atoms with Gasteiger partial charge in [-0.05, 0) is 12.0 Å². The molecule has 1 saturated heterocycles. The SMILES string of the molecule is O=C(OCc1ccccc1)N1CCC(O)C1O. The van der Waals surface area contributed by atoms with E-state index in [0.29, 0.717) is 13.0 Å². The van der Waals surface area contributed by atoms with Gasteiger partial charge in [-0.3, -0.25) is 4.90 Å². The number of benzene rings is 1. The fraction of sp³-hybridized carbons (Fsp3) is 0.417. The third-order valence-electron chi connectivity index (χ3n) is 2.77. The number of likely N-dealkylation sites (tertiary alicyclic amines) is 1. The summed E-state index contributed by atoms with van der Waals surface area (Å²) < 4.78 is 5.05. The lowest BCUT2D eigenvalue weighted by Gasteiger charge is -2.20.